The normalized spacial score (nSPS) is 11.2. The fraction of sp³-hybridized carbons (Fsp3) is 0.125. The van der Waals surface area contributed by atoms with E-state index in [0.717, 1.165) is 0 Å². The molecule has 0 spiro atoms. The van der Waals surface area contributed by atoms with Gasteiger partial charge in [-0.25, -0.2) is 43.9 Å². The lowest BCUT2D eigenvalue weighted by atomic mass is 9.38. The third-order valence-electron chi connectivity index (χ3n) is 7.74. The number of nitrogens with zero attached hydrogens (tertiary/aromatic N) is 2. The van der Waals surface area contributed by atoms with Crippen molar-refractivity contribution in [3.8, 4) is 0 Å². The molecule has 1 heterocycles. The number of rotatable bonds is 8. The van der Waals surface area contributed by atoms with Crippen LogP contribution in [-0.4, -0.2) is 41.6 Å². The molecule has 242 valence electrons. The highest BCUT2D eigenvalue weighted by Gasteiger charge is 2.40. The van der Waals surface area contributed by atoms with Gasteiger partial charge in [0.05, 0.1) is 0 Å². The minimum absolute atomic E-state index is 0.0475. The van der Waals surface area contributed by atoms with E-state index in [9.17, 15) is 26.3 Å². The Morgan fingerprint density at radius 3 is 0.979 bits per heavy atom. The summed E-state index contributed by atoms with van der Waals surface area (Å²) in [6.45, 7) is -3.34. The van der Waals surface area contributed by atoms with Crippen LogP contribution < -0.4 is 41.2 Å². The van der Waals surface area contributed by atoms with E-state index in [4.69, 9.17) is 0 Å². The number of hydrogen-bond acceptors (Lipinski definition) is 3. The van der Waals surface area contributed by atoms with Crippen molar-refractivity contribution in [2.24, 2.45) is 0 Å². The maximum atomic E-state index is 15.5. The standard InChI is InChI=1S/C32H22B2F10N2S/c1-45(2)17-11-7-5-9-15(17)33(21-23(35)27(39)31(43)28(40)24(21)36)19-13-14-20(47-19)34(16-10-6-8-12-18(16)46(3)4)22-25(37)29(41)32(44)30(42)26(22)38/h5-14H,1-4H3. The molecule has 0 bridgehead atoms. The lowest BCUT2D eigenvalue weighted by molar-refractivity contribution is 0.384. The Bertz CT molecular complexity index is 1800. The predicted molar refractivity (Wildman–Crippen MR) is 168 cm³/mol. The van der Waals surface area contributed by atoms with Crippen molar-refractivity contribution in [2.75, 3.05) is 38.0 Å². The predicted octanol–water partition coefficient (Wildman–Crippen LogP) is 4.30. The molecule has 4 aromatic carbocycles. The minimum Gasteiger partial charge on any atom is -0.378 e. The molecule has 1 aromatic heterocycles. The van der Waals surface area contributed by atoms with E-state index in [2.05, 4.69) is 0 Å². The molecule has 0 radical (unpaired) electrons. The van der Waals surface area contributed by atoms with Crippen LogP contribution in [0.5, 0.6) is 0 Å². The molecular formula is C32H22B2F10N2S. The van der Waals surface area contributed by atoms with Crippen molar-refractivity contribution in [1.82, 2.24) is 0 Å². The topological polar surface area (TPSA) is 6.48 Å². The zero-order chi connectivity index (χ0) is 34.5. The van der Waals surface area contributed by atoms with Gasteiger partial charge in [-0.3, -0.25) is 0 Å². The first-order chi connectivity index (χ1) is 22.2. The van der Waals surface area contributed by atoms with Crippen LogP contribution in [0.25, 0.3) is 0 Å². The molecular weight excluding hydrogens is 656 g/mol. The molecule has 0 aliphatic heterocycles. The van der Waals surface area contributed by atoms with E-state index < -0.39 is 82.5 Å². The second-order valence-electron chi connectivity index (χ2n) is 11.0. The van der Waals surface area contributed by atoms with E-state index in [-0.39, 0.29) is 20.5 Å². The molecule has 0 amide bonds. The van der Waals surface area contributed by atoms with E-state index in [1.165, 1.54) is 36.4 Å². The summed E-state index contributed by atoms with van der Waals surface area (Å²) in [5.41, 5.74) is -1.49. The first kappa shape index (κ1) is 34.0. The molecule has 0 unspecified atom stereocenters. The van der Waals surface area contributed by atoms with Crippen LogP contribution in [0.3, 0.4) is 0 Å². The summed E-state index contributed by atoms with van der Waals surface area (Å²) < 4.78 is 148. The fourth-order valence-electron chi connectivity index (χ4n) is 5.61. The summed E-state index contributed by atoms with van der Waals surface area (Å²) in [7, 11) is 6.36. The van der Waals surface area contributed by atoms with Crippen molar-refractivity contribution >= 4 is 67.5 Å². The van der Waals surface area contributed by atoms with Crippen molar-refractivity contribution < 1.29 is 43.9 Å². The zero-order valence-electron chi connectivity index (χ0n) is 25.0. The van der Waals surface area contributed by atoms with Gasteiger partial charge in [0.15, 0.2) is 58.2 Å². The summed E-state index contributed by atoms with van der Waals surface area (Å²) in [5.74, 6) is -21.8. The largest absolute Gasteiger partial charge is 0.378 e. The van der Waals surface area contributed by atoms with Crippen LogP contribution in [0, 0.1) is 58.2 Å². The van der Waals surface area contributed by atoms with Crippen LogP contribution in [0.4, 0.5) is 55.3 Å². The van der Waals surface area contributed by atoms with E-state index in [1.54, 1.807) is 62.3 Å². The molecule has 0 N–H and O–H groups in total. The Labute approximate surface area is 268 Å². The average molecular weight is 678 g/mol. The van der Waals surface area contributed by atoms with Gasteiger partial charge in [0, 0.05) is 50.5 Å². The number of para-hydroxylation sites is 2. The van der Waals surface area contributed by atoms with Crippen molar-refractivity contribution in [1.29, 1.82) is 0 Å². The summed E-state index contributed by atoms with van der Waals surface area (Å²) in [4.78, 5) is 3.10. The summed E-state index contributed by atoms with van der Waals surface area (Å²) in [6.07, 6.45) is 0. The molecule has 5 rings (SSSR count). The Morgan fingerprint density at radius 1 is 0.404 bits per heavy atom. The minimum atomic E-state index is -2.36. The molecule has 0 aliphatic carbocycles. The summed E-state index contributed by atoms with van der Waals surface area (Å²) >= 11 is 0.655. The molecule has 0 fully saturated rings. The van der Waals surface area contributed by atoms with Crippen molar-refractivity contribution in [3.63, 3.8) is 0 Å². The lowest BCUT2D eigenvalue weighted by Gasteiger charge is -2.24. The van der Waals surface area contributed by atoms with Crippen LogP contribution in [0.15, 0.2) is 60.7 Å². The van der Waals surface area contributed by atoms with E-state index in [0.29, 0.717) is 22.7 Å². The van der Waals surface area contributed by atoms with Gasteiger partial charge in [0.1, 0.15) is 0 Å². The van der Waals surface area contributed by atoms with Crippen molar-refractivity contribution in [3.05, 3.63) is 119 Å². The average Bonchev–Trinajstić information content (AvgIpc) is 3.54. The lowest BCUT2D eigenvalue weighted by Crippen LogP contribution is -2.57. The van der Waals surface area contributed by atoms with Gasteiger partial charge < -0.3 is 9.80 Å². The van der Waals surface area contributed by atoms with Crippen LogP contribution in [0.2, 0.25) is 0 Å². The molecule has 5 aromatic rings. The molecule has 0 aliphatic rings. The maximum absolute atomic E-state index is 15.5. The summed E-state index contributed by atoms with van der Waals surface area (Å²) in [5, 5.41) is 0. The second-order valence-corrected chi connectivity index (χ2v) is 12.1. The van der Waals surface area contributed by atoms with Gasteiger partial charge in [0.25, 0.3) is 13.4 Å². The van der Waals surface area contributed by atoms with Gasteiger partial charge >= 0.3 is 0 Å². The highest BCUT2D eigenvalue weighted by Crippen LogP contribution is 2.22. The third kappa shape index (κ3) is 5.74. The highest BCUT2D eigenvalue weighted by molar-refractivity contribution is 7.36. The van der Waals surface area contributed by atoms with Crippen LogP contribution in [0.1, 0.15) is 0 Å². The summed E-state index contributed by atoms with van der Waals surface area (Å²) in [6, 6.07) is 14.6. The number of halogens is 10. The Balaban J connectivity index is 1.86. The van der Waals surface area contributed by atoms with Gasteiger partial charge in [0.2, 0.25) is 0 Å². The monoisotopic (exact) mass is 678 g/mol. The fourth-order valence-corrected chi connectivity index (χ4v) is 6.88. The first-order valence-electron chi connectivity index (χ1n) is 13.8. The smallest absolute Gasteiger partial charge is 0.264 e. The SMILES string of the molecule is CN(C)c1ccccc1B(c1ccc(B(c2ccccc2N(C)C)c2c(F)c(F)c(F)c(F)c2F)s1)c1c(F)c(F)c(F)c(F)c1F. The maximum Gasteiger partial charge on any atom is 0.264 e. The Hall–Kier alpha value is -4.39. The molecule has 0 atom stereocenters. The molecule has 47 heavy (non-hydrogen) atoms. The molecule has 15 heteroatoms. The van der Waals surface area contributed by atoms with Gasteiger partial charge in [-0.15, -0.1) is 0 Å². The zero-order valence-corrected chi connectivity index (χ0v) is 25.8. The number of anilines is 2. The highest BCUT2D eigenvalue weighted by atomic mass is 32.1. The number of benzene rings is 4. The van der Waals surface area contributed by atoms with Gasteiger partial charge in [-0.1, -0.05) is 48.5 Å². The van der Waals surface area contributed by atoms with Crippen LogP contribution >= 0.6 is 11.3 Å². The van der Waals surface area contributed by atoms with Gasteiger partial charge in [-0.2, -0.15) is 11.3 Å². The third-order valence-corrected chi connectivity index (χ3v) is 8.96. The molecule has 0 saturated heterocycles. The van der Waals surface area contributed by atoms with Crippen molar-refractivity contribution in [2.45, 2.75) is 0 Å². The first-order valence-corrected chi connectivity index (χ1v) is 14.6. The van der Waals surface area contributed by atoms with E-state index >= 15 is 17.6 Å². The second kappa shape index (κ2) is 13.0. The number of thiophene rings is 1. The Morgan fingerprint density at radius 2 is 0.681 bits per heavy atom. The quantitative estimate of drug-likeness (QED) is 0.105. The molecule has 0 saturated carbocycles. The van der Waals surface area contributed by atoms with Crippen LogP contribution in [-0.2, 0) is 0 Å². The van der Waals surface area contributed by atoms with Gasteiger partial charge in [-0.05, 0) is 32.6 Å². The molecule has 2 nitrogen and oxygen atoms in total. The number of hydrogen-bond donors (Lipinski definition) is 0. The van der Waals surface area contributed by atoms with E-state index in [1.807, 2.05) is 0 Å². The Kier molecular flexibility index (Phi) is 9.40.